The summed E-state index contributed by atoms with van der Waals surface area (Å²) >= 11 is 0. The number of hydrogen-bond acceptors (Lipinski definition) is 4. The number of benzene rings is 2. The van der Waals surface area contributed by atoms with E-state index in [0.29, 0.717) is 30.1 Å². The van der Waals surface area contributed by atoms with Gasteiger partial charge in [0.25, 0.3) is 5.91 Å². The summed E-state index contributed by atoms with van der Waals surface area (Å²) in [7, 11) is -2.16. The van der Waals surface area contributed by atoms with Gasteiger partial charge in [-0.2, -0.15) is 4.31 Å². The molecule has 7 heteroatoms. The fourth-order valence-electron chi connectivity index (χ4n) is 2.83. The predicted molar refractivity (Wildman–Crippen MR) is 107 cm³/mol. The predicted octanol–water partition coefficient (Wildman–Crippen LogP) is 3.59. The van der Waals surface area contributed by atoms with Gasteiger partial charge < -0.3 is 10.1 Å². The molecule has 0 aliphatic rings. The Labute approximate surface area is 161 Å². The first-order valence-corrected chi connectivity index (χ1v) is 10.2. The maximum atomic E-state index is 12.8. The number of amides is 1. The monoisotopic (exact) mass is 390 g/mol. The van der Waals surface area contributed by atoms with E-state index in [9.17, 15) is 13.2 Å². The SMILES string of the molecule is CCN(CC)S(=O)(=O)c1ccc(OC)c(NC(=O)c2cc(C)ccc2C)c1. The fourth-order valence-corrected chi connectivity index (χ4v) is 4.31. The van der Waals surface area contributed by atoms with Gasteiger partial charge in [0.15, 0.2) is 0 Å². The highest BCUT2D eigenvalue weighted by Crippen LogP contribution is 2.29. The second-order valence-electron chi connectivity index (χ2n) is 6.22. The maximum absolute atomic E-state index is 12.8. The van der Waals surface area contributed by atoms with Crippen LogP contribution in [0.3, 0.4) is 0 Å². The first kappa shape index (κ1) is 20.9. The Balaban J connectivity index is 2.44. The van der Waals surface area contributed by atoms with E-state index >= 15 is 0 Å². The minimum Gasteiger partial charge on any atom is -0.495 e. The standard InChI is InChI=1S/C20H26N2O4S/c1-6-22(7-2)27(24,25)16-10-11-19(26-5)18(13-16)21-20(23)17-12-14(3)8-9-15(17)4/h8-13H,6-7H2,1-5H3,(H,21,23). The Morgan fingerprint density at radius 1 is 1.07 bits per heavy atom. The van der Waals surface area contributed by atoms with Crippen molar-refractivity contribution < 1.29 is 17.9 Å². The Morgan fingerprint density at radius 2 is 1.74 bits per heavy atom. The molecule has 1 amide bonds. The number of anilines is 1. The van der Waals surface area contributed by atoms with Crippen LogP contribution in [0, 0.1) is 13.8 Å². The van der Waals surface area contributed by atoms with Gasteiger partial charge in [0.05, 0.1) is 17.7 Å². The van der Waals surface area contributed by atoms with Crippen LogP contribution in [0.15, 0.2) is 41.3 Å². The van der Waals surface area contributed by atoms with Crippen LogP contribution in [0.4, 0.5) is 5.69 Å². The molecule has 2 aromatic rings. The Hall–Kier alpha value is -2.38. The van der Waals surface area contributed by atoms with Gasteiger partial charge in [-0.3, -0.25) is 4.79 Å². The topological polar surface area (TPSA) is 75.7 Å². The third kappa shape index (κ3) is 4.48. The molecule has 6 nitrogen and oxygen atoms in total. The molecule has 2 aromatic carbocycles. The van der Waals surface area contributed by atoms with Gasteiger partial charge in [0, 0.05) is 18.7 Å². The summed E-state index contributed by atoms with van der Waals surface area (Å²) in [6.45, 7) is 8.08. The molecule has 0 aliphatic carbocycles. The van der Waals surface area contributed by atoms with Gasteiger partial charge >= 0.3 is 0 Å². The van der Waals surface area contributed by atoms with Crippen LogP contribution < -0.4 is 10.1 Å². The average Bonchev–Trinajstić information content (AvgIpc) is 2.64. The van der Waals surface area contributed by atoms with Gasteiger partial charge in [-0.15, -0.1) is 0 Å². The second-order valence-corrected chi connectivity index (χ2v) is 8.16. The summed E-state index contributed by atoms with van der Waals surface area (Å²) in [6.07, 6.45) is 0. The number of methoxy groups -OCH3 is 1. The molecule has 0 unspecified atom stereocenters. The summed E-state index contributed by atoms with van der Waals surface area (Å²) in [5.74, 6) is 0.0824. The van der Waals surface area contributed by atoms with Crippen LogP contribution in [-0.4, -0.2) is 38.8 Å². The lowest BCUT2D eigenvalue weighted by molar-refractivity contribution is 0.102. The third-order valence-electron chi connectivity index (χ3n) is 4.40. The van der Waals surface area contributed by atoms with E-state index in [1.807, 2.05) is 26.0 Å². The third-order valence-corrected chi connectivity index (χ3v) is 6.45. The summed E-state index contributed by atoms with van der Waals surface area (Å²) in [6, 6.07) is 10.1. The zero-order valence-corrected chi connectivity index (χ0v) is 17.2. The van der Waals surface area contributed by atoms with E-state index in [1.165, 1.54) is 23.5 Å². The molecule has 2 rings (SSSR count). The molecule has 0 aromatic heterocycles. The Bertz CT molecular complexity index is 935. The molecule has 1 N–H and O–H groups in total. The molecule has 0 heterocycles. The fraction of sp³-hybridized carbons (Fsp3) is 0.350. The van der Waals surface area contributed by atoms with E-state index < -0.39 is 10.0 Å². The van der Waals surface area contributed by atoms with Crippen LogP contribution in [0.2, 0.25) is 0 Å². The average molecular weight is 391 g/mol. The van der Waals surface area contributed by atoms with Crippen LogP contribution >= 0.6 is 0 Å². The van der Waals surface area contributed by atoms with Crippen molar-refractivity contribution >= 4 is 21.6 Å². The van der Waals surface area contributed by atoms with Gasteiger partial charge in [-0.05, 0) is 43.7 Å². The molecule has 0 spiro atoms. The lowest BCUT2D eigenvalue weighted by atomic mass is 10.0. The van der Waals surface area contributed by atoms with Gasteiger partial charge in [-0.1, -0.05) is 31.5 Å². The molecule has 0 aliphatic heterocycles. The summed E-state index contributed by atoms with van der Waals surface area (Å²) in [4.78, 5) is 12.9. The van der Waals surface area contributed by atoms with Gasteiger partial charge in [-0.25, -0.2) is 8.42 Å². The number of carbonyl (C=O) groups is 1. The Kier molecular flexibility index (Phi) is 6.62. The van der Waals surface area contributed by atoms with Crippen LogP contribution in [0.5, 0.6) is 5.75 Å². The highest BCUT2D eigenvalue weighted by molar-refractivity contribution is 7.89. The first-order valence-electron chi connectivity index (χ1n) is 8.81. The summed E-state index contributed by atoms with van der Waals surface area (Å²) in [5.41, 5.74) is 2.66. The first-order chi connectivity index (χ1) is 12.7. The lowest BCUT2D eigenvalue weighted by Gasteiger charge is -2.20. The quantitative estimate of drug-likeness (QED) is 0.784. The molecule has 0 bridgehead atoms. The van der Waals surface area contributed by atoms with Crippen LogP contribution in [0.1, 0.15) is 35.3 Å². The second kappa shape index (κ2) is 8.54. The van der Waals surface area contributed by atoms with Crippen LogP contribution in [0.25, 0.3) is 0 Å². The number of sulfonamides is 1. The van der Waals surface area contributed by atoms with E-state index in [1.54, 1.807) is 26.0 Å². The van der Waals surface area contributed by atoms with E-state index in [4.69, 9.17) is 4.74 Å². The van der Waals surface area contributed by atoms with Crippen molar-refractivity contribution in [2.75, 3.05) is 25.5 Å². The van der Waals surface area contributed by atoms with E-state index in [0.717, 1.165) is 11.1 Å². The van der Waals surface area contributed by atoms with Crippen molar-refractivity contribution in [2.45, 2.75) is 32.6 Å². The van der Waals surface area contributed by atoms with Crippen molar-refractivity contribution in [3.63, 3.8) is 0 Å². The normalized spacial score (nSPS) is 11.5. The van der Waals surface area contributed by atoms with Gasteiger partial charge in [0.2, 0.25) is 10.0 Å². The molecule has 0 radical (unpaired) electrons. The molecule has 0 saturated heterocycles. The smallest absolute Gasteiger partial charge is 0.256 e. The molecule has 27 heavy (non-hydrogen) atoms. The summed E-state index contributed by atoms with van der Waals surface area (Å²) in [5, 5.41) is 2.79. The molecule has 0 atom stereocenters. The number of ether oxygens (including phenoxy) is 1. The van der Waals surface area contributed by atoms with Crippen molar-refractivity contribution in [3.05, 3.63) is 53.1 Å². The molecular formula is C20H26N2O4S. The van der Waals surface area contributed by atoms with Crippen molar-refractivity contribution in [2.24, 2.45) is 0 Å². The minimum atomic E-state index is -3.64. The Morgan fingerprint density at radius 3 is 2.33 bits per heavy atom. The summed E-state index contributed by atoms with van der Waals surface area (Å²) < 4.78 is 32.2. The van der Waals surface area contributed by atoms with Gasteiger partial charge in [0.1, 0.15) is 5.75 Å². The lowest BCUT2D eigenvalue weighted by Crippen LogP contribution is -2.30. The van der Waals surface area contributed by atoms with Crippen LogP contribution in [-0.2, 0) is 10.0 Å². The van der Waals surface area contributed by atoms with E-state index in [-0.39, 0.29) is 10.8 Å². The number of rotatable bonds is 7. The maximum Gasteiger partial charge on any atom is 0.256 e. The minimum absolute atomic E-state index is 0.114. The number of aryl methyl sites for hydroxylation is 2. The number of nitrogens with zero attached hydrogens (tertiary/aromatic N) is 1. The molecule has 0 saturated carbocycles. The van der Waals surface area contributed by atoms with E-state index in [2.05, 4.69) is 5.32 Å². The number of nitrogens with one attached hydrogen (secondary N) is 1. The molecule has 146 valence electrons. The highest BCUT2D eigenvalue weighted by atomic mass is 32.2. The largest absolute Gasteiger partial charge is 0.495 e. The van der Waals surface area contributed by atoms with Crippen molar-refractivity contribution in [1.82, 2.24) is 4.31 Å². The molecular weight excluding hydrogens is 364 g/mol. The highest BCUT2D eigenvalue weighted by Gasteiger charge is 2.23. The number of carbonyl (C=O) groups excluding carboxylic acids is 1. The van der Waals surface area contributed by atoms with Crippen molar-refractivity contribution in [3.8, 4) is 5.75 Å². The molecule has 0 fully saturated rings. The zero-order chi connectivity index (χ0) is 20.2. The number of hydrogen-bond donors (Lipinski definition) is 1. The van der Waals surface area contributed by atoms with Crippen molar-refractivity contribution in [1.29, 1.82) is 0 Å². The zero-order valence-electron chi connectivity index (χ0n) is 16.4.